The van der Waals surface area contributed by atoms with Crippen LogP contribution in [0.15, 0.2) is 0 Å². The van der Waals surface area contributed by atoms with Crippen LogP contribution in [-0.4, -0.2) is 15.6 Å². The molecule has 0 aliphatic carbocycles. The molecule has 0 saturated heterocycles. The van der Waals surface area contributed by atoms with Crippen molar-refractivity contribution < 1.29 is 8.78 Å². The summed E-state index contributed by atoms with van der Waals surface area (Å²) in [6, 6.07) is 0. The third-order valence-corrected chi connectivity index (χ3v) is 1.75. The van der Waals surface area contributed by atoms with E-state index >= 15 is 0 Å². The van der Waals surface area contributed by atoms with E-state index in [0.717, 1.165) is 0 Å². The maximum atomic E-state index is 12.1. The molecule has 0 N–H and O–H groups in total. The molecule has 6 heteroatoms. The van der Waals surface area contributed by atoms with E-state index in [-0.39, 0.29) is 0 Å². The Labute approximate surface area is 71.0 Å². The van der Waals surface area contributed by atoms with Gasteiger partial charge in [0.15, 0.2) is 0 Å². The second-order valence-electron chi connectivity index (χ2n) is 1.34. The van der Waals surface area contributed by atoms with Crippen molar-refractivity contribution in [3.63, 3.8) is 0 Å². The lowest BCUT2D eigenvalue weighted by Crippen LogP contribution is -2.35. The summed E-state index contributed by atoms with van der Waals surface area (Å²) in [4.78, 5) is 0. The fourth-order valence-electron chi connectivity index (χ4n) is 0.0758. The lowest BCUT2D eigenvalue weighted by Gasteiger charge is -2.20. The standard InChI is InChI=1S/C3H2Cl4F2/c4-1-2(8,9)3(5,6)7/h1H2. The van der Waals surface area contributed by atoms with Gasteiger partial charge in [-0.05, 0) is 0 Å². The molecular weight excluding hydrogens is 216 g/mol. The van der Waals surface area contributed by atoms with Crippen molar-refractivity contribution in [3.8, 4) is 0 Å². The number of rotatable bonds is 1. The van der Waals surface area contributed by atoms with Crippen LogP contribution in [0.2, 0.25) is 0 Å². The van der Waals surface area contributed by atoms with Crippen molar-refractivity contribution in [2.45, 2.75) is 9.72 Å². The molecular formula is C3H2Cl4F2. The molecule has 0 atom stereocenters. The van der Waals surface area contributed by atoms with E-state index in [4.69, 9.17) is 46.4 Å². The molecule has 56 valence electrons. The summed E-state index contributed by atoms with van der Waals surface area (Å²) in [5.41, 5.74) is 0. The molecule has 0 aliphatic rings. The van der Waals surface area contributed by atoms with Crippen molar-refractivity contribution in [1.29, 1.82) is 0 Å². The van der Waals surface area contributed by atoms with Crippen molar-refractivity contribution in [3.05, 3.63) is 0 Å². The zero-order valence-corrected chi connectivity index (χ0v) is 7.00. The summed E-state index contributed by atoms with van der Waals surface area (Å²) in [7, 11) is 0. The van der Waals surface area contributed by atoms with Crippen LogP contribution in [0, 0.1) is 0 Å². The molecule has 0 aromatic heterocycles. The zero-order chi connectivity index (χ0) is 7.71. The number of halogens is 6. The van der Waals surface area contributed by atoms with Gasteiger partial charge in [-0.2, -0.15) is 0 Å². The maximum absolute atomic E-state index is 12.1. The molecule has 0 aromatic rings. The van der Waals surface area contributed by atoms with E-state index in [2.05, 4.69) is 0 Å². The predicted molar refractivity (Wildman–Crippen MR) is 36.0 cm³/mol. The Bertz CT molecular complexity index is 96.5. The third-order valence-electron chi connectivity index (χ3n) is 0.583. The predicted octanol–water partition coefficient (Wildman–Crippen LogP) is 3.23. The monoisotopic (exact) mass is 216 g/mol. The highest BCUT2D eigenvalue weighted by molar-refractivity contribution is 6.68. The minimum atomic E-state index is -3.46. The van der Waals surface area contributed by atoms with Gasteiger partial charge in [-0.3, -0.25) is 0 Å². The summed E-state index contributed by atoms with van der Waals surface area (Å²) in [6.07, 6.45) is 0. The Kier molecular flexibility index (Phi) is 3.29. The summed E-state index contributed by atoms with van der Waals surface area (Å²) in [5, 5.41) is 0. The minimum Gasteiger partial charge on any atom is -0.201 e. The topological polar surface area (TPSA) is 0 Å². The molecule has 0 aliphatic heterocycles. The van der Waals surface area contributed by atoms with Gasteiger partial charge in [0.25, 0.3) is 3.79 Å². The quantitative estimate of drug-likeness (QED) is 0.592. The Morgan fingerprint density at radius 3 is 1.44 bits per heavy atom. The summed E-state index contributed by atoms with van der Waals surface area (Å²) in [5.74, 6) is -4.46. The molecule has 0 bridgehead atoms. The number of hydrogen-bond donors (Lipinski definition) is 0. The van der Waals surface area contributed by atoms with Crippen LogP contribution in [0.4, 0.5) is 8.78 Å². The Balaban J connectivity index is 4.14. The van der Waals surface area contributed by atoms with Gasteiger partial charge in [0.2, 0.25) is 0 Å². The average molecular weight is 218 g/mol. The molecule has 0 heterocycles. The first-order valence-electron chi connectivity index (χ1n) is 1.82. The molecule has 9 heavy (non-hydrogen) atoms. The molecule has 0 radical (unpaired) electrons. The molecule has 0 amide bonds. The Hall–Kier alpha value is 1.02. The van der Waals surface area contributed by atoms with Gasteiger partial charge < -0.3 is 0 Å². The van der Waals surface area contributed by atoms with Gasteiger partial charge in [-0.25, -0.2) is 8.78 Å². The summed E-state index contributed by atoms with van der Waals surface area (Å²) >= 11 is 19.2. The van der Waals surface area contributed by atoms with Gasteiger partial charge in [0.05, 0.1) is 5.88 Å². The van der Waals surface area contributed by atoms with E-state index in [1.54, 1.807) is 0 Å². The van der Waals surface area contributed by atoms with E-state index in [0.29, 0.717) is 0 Å². The van der Waals surface area contributed by atoms with Crippen LogP contribution in [0.1, 0.15) is 0 Å². The van der Waals surface area contributed by atoms with Crippen molar-refractivity contribution in [2.24, 2.45) is 0 Å². The highest BCUT2D eigenvalue weighted by Gasteiger charge is 2.49. The fourth-order valence-corrected chi connectivity index (χ4v) is 0.682. The van der Waals surface area contributed by atoms with Crippen LogP contribution >= 0.6 is 46.4 Å². The van der Waals surface area contributed by atoms with E-state index < -0.39 is 15.6 Å². The third kappa shape index (κ3) is 2.62. The first-order chi connectivity index (χ1) is 3.81. The van der Waals surface area contributed by atoms with Crippen molar-refractivity contribution in [2.75, 3.05) is 5.88 Å². The number of alkyl halides is 6. The zero-order valence-electron chi connectivity index (χ0n) is 3.97. The van der Waals surface area contributed by atoms with E-state index in [9.17, 15) is 8.78 Å². The van der Waals surface area contributed by atoms with Gasteiger partial charge in [-0.15, -0.1) is 11.6 Å². The Morgan fingerprint density at radius 2 is 1.44 bits per heavy atom. The van der Waals surface area contributed by atoms with Gasteiger partial charge in [0.1, 0.15) is 0 Å². The van der Waals surface area contributed by atoms with Crippen LogP contribution in [0.5, 0.6) is 0 Å². The molecule has 0 nitrogen and oxygen atoms in total. The van der Waals surface area contributed by atoms with E-state index in [1.165, 1.54) is 0 Å². The molecule has 0 saturated carbocycles. The first kappa shape index (κ1) is 10.0. The SMILES string of the molecule is FC(F)(CCl)C(Cl)(Cl)Cl. The van der Waals surface area contributed by atoms with Crippen LogP contribution in [-0.2, 0) is 0 Å². The first-order valence-corrected chi connectivity index (χ1v) is 3.48. The maximum Gasteiger partial charge on any atom is 0.307 e. The molecule has 0 rings (SSSR count). The largest absolute Gasteiger partial charge is 0.307 e. The fraction of sp³-hybridized carbons (Fsp3) is 1.00. The molecule has 0 fully saturated rings. The van der Waals surface area contributed by atoms with Crippen LogP contribution < -0.4 is 0 Å². The molecule has 0 aromatic carbocycles. The average Bonchev–Trinajstić information content (AvgIpc) is 1.64. The highest BCUT2D eigenvalue weighted by atomic mass is 35.6. The Morgan fingerprint density at radius 1 is 1.11 bits per heavy atom. The minimum absolute atomic E-state index is 0.997. The number of hydrogen-bond acceptors (Lipinski definition) is 0. The lowest BCUT2D eigenvalue weighted by molar-refractivity contribution is 0.0303. The summed E-state index contributed by atoms with van der Waals surface area (Å²) in [6.45, 7) is 0. The molecule has 0 unspecified atom stereocenters. The molecule has 0 spiro atoms. The highest BCUT2D eigenvalue weighted by Crippen LogP contribution is 2.42. The van der Waals surface area contributed by atoms with Crippen LogP contribution in [0.3, 0.4) is 0 Å². The van der Waals surface area contributed by atoms with E-state index in [1.807, 2.05) is 0 Å². The van der Waals surface area contributed by atoms with Crippen molar-refractivity contribution >= 4 is 46.4 Å². The summed E-state index contributed by atoms with van der Waals surface area (Å²) < 4.78 is 21.7. The van der Waals surface area contributed by atoms with Crippen LogP contribution in [0.25, 0.3) is 0 Å². The second-order valence-corrected chi connectivity index (χ2v) is 3.88. The van der Waals surface area contributed by atoms with Crippen molar-refractivity contribution in [1.82, 2.24) is 0 Å². The smallest absolute Gasteiger partial charge is 0.201 e. The normalized spacial score (nSPS) is 14.0. The van der Waals surface area contributed by atoms with Gasteiger partial charge >= 0.3 is 5.92 Å². The lowest BCUT2D eigenvalue weighted by atomic mass is 10.4. The van der Waals surface area contributed by atoms with Gasteiger partial charge in [-0.1, -0.05) is 34.8 Å². The second kappa shape index (κ2) is 2.95. The van der Waals surface area contributed by atoms with Gasteiger partial charge in [0, 0.05) is 0 Å².